The first-order valence-corrected chi connectivity index (χ1v) is 6.06. The van der Waals surface area contributed by atoms with Gasteiger partial charge >= 0.3 is 4.87 Å². The molecule has 0 fully saturated rings. The van der Waals surface area contributed by atoms with Crippen molar-refractivity contribution < 1.29 is 0 Å². The van der Waals surface area contributed by atoms with Crippen LogP contribution >= 0.6 is 22.7 Å². The summed E-state index contributed by atoms with van der Waals surface area (Å²) in [5, 5.41) is 1.82. The number of aryl methyl sites for hydroxylation is 3. The maximum Gasteiger partial charge on any atom is 0.307 e. The first kappa shape index (κ1) is 9.61. The van der Waals surface area contributed by atoms with Crippen molar-refractivity contribution in [3.05, 3.63) is 37.3 Å². The van der Waals surface area contributed by atoms with E-state index in [1.165, 1.54) is 16.2 Å². The van der Waals surface area contributed by atoms with Gasteiger partial charge in [0.05, 0.1) is 11.2 Å². The highest BCUT2D eigenvalue weighted by atomic mass is 32.1. The van der Waals surface area contributed by atoms with Gasteiger partial charge in [-0.2, -0.15) is 0 Å². The molecule has 2 aromatic heterocycles. The molecule has 2 rings (SSSR count). The second kappa shape index (κ2) is 4.06. The van der Waals surface area contributed by atoms with Crippen LogP contribution < -0.4 is 4.87 Å². The summed E-state index contributed by atoms with van der Waals surface area (Å²) in [6, 6.07) is 0. The summed E-state index contributed by atoms with van der Waals surface area (Å²) < 4.78 is 1.74. The van der Waals surface area contributed by atoms with E-state index in [4.69, 9.17) is 0 Å². The summed E-state index contributed by atoms with van der Waals surface area (Å²) in [4.78, 5) is 16.8. The molecular weight excluding hydrogens is 216 g/mol. The zero-order valence-electron chi connectivity index (χ0n) is 7.77. The fraction of sp³-hybridized carbons (Fsp3) is 0.333. The molecule has 0 N–H and O–H groups in total. The lowest BCUT2D eigenvalue weighted by Gasteiger charge is -1.99. The van der Waals surface area contributed by atoms with Gasteiger partial charge in [-0.1, -0.05) is 11.3 Å². The predicted octanol–water partition coefficient (Wildman–Crippen LogP) is 1.92. The topological polar surface area (TPSA) is 34.9 Å². The molecule has 2 heterocycles. The number of hydrogen-bond donors (Lipinski definition) is 0. The van der Waals surface area contributed by atoms with Crippen LogP contribution in [0.5, 0.6) is 0 Å². The zero-order valence-corrected chi connectivity index (χ0v) is 9.40. The maximum atomic E-state index is 11.2. The standard InChI is InChI=1S/C9H10N2OS2/c1-7-8(14-6-10-7)2-3-11-4-5-13-9(11)12/h4-6H,2-3H2,1H3. The molecule has 0 saturated heterocycles. The molecule has 0 atom stereocenters. The van der Waals surface area contributed by atoms with Crippen LogP contribution in [0.25, 0.3) is 0 Å². The summed E-state index contributed by atoms with van der Waals surface area (Å²) in [7, 11) is 0. The van der Waals surface area contributed by atoms with Crippen LogP contribution in [0.3, 0.4) is 0 Å². The molecule has 0 aromatic carbocycles. The monoisotopic (exact) mass is 226 g/mol. The summed E-state index contributed by atoms with van der Waals surface area (Å²) in [6.45, 7) is 2.76. The average Bonchev–Trinajstić information content (AvgIpc) is 2.72. The highest BCUT2D eigenvalue weighted by molar-refractivity contribution is 7.09. The lowest BCUT2D eigenvalue weighted by atomic mass is 10.3. The molecule has 0 saturated carbocycles. The van der Waals surface area contributed by atoms with Gasteiger partial charge in [-0.05, 0) is 6.92 Å². The maximum absolute atomic E-state index is 11.2. The van der Waals surface area contributed by atoms with E-state index in [1.54, 1.807) is 15.9 Å². The normalized spacial score (nSPS) is 10.6. The molecule has 0 aliphatic carbocycles. The molecule has 5 heteroatoms. The minimum Gasteiger partial charge on any atom is -0.306 e. The highest BCUT2D eigenvalue weighted by Gasteiger charge is 2.02. The highest BCUT2D eigenvalue weighted by Crippen LogP contribution is 2.13. The third kappa shape index (κ3) is 1.93. The van der Waals surface area contributed by atoms with E-state index >= 15 is 0 Å². The van der Waals surface area contributed by atoms with E-state index < -0.39 is 0 Å². The van der Waals surface area contributed by atoms with Crippen molar-refractivity contribution in [2.24, 2.45) is 0 Å². The van der Waals surface area contributed by atoms with Crippen LogP contribution in [0.2, 0.25) is 0 Å². The van der Waals surface area contributed by atoms with E-state index in [2.05, 4.69) is 4.98 Å². The number of rotatable bonds is 3. The van der Waals surface area contributed by atoms with Crippen molar-refractivity contribution in [2.45, 2.75) is 19.9 Å². The smallest absolute Gasteiger partial charge is 0.306 e. The van der Waals surface area contributed by atoms with E-state index in [0.717, 1.165) is 18.7 Å². The Kier molecular flexibility index (Phi) is 2.79. The Bertz CT molecular complexity index is 469. The summed E-state index contributed by atoms with van der Waals surface area (Å²) in [6.07, 6.45) is 2.73. The molecule has 0 aliphatic rings. The molecule has 0 radical (unpaired) electrons. The van der Waals surface area contributed by atoms with Gasteiger partial charge in [-0.15, -0.1) is 11.3 Å². The number of thiazole rings is 2. The van der Waals surface area contributed by atoms with Crippen LogP contribution in [0, 0.1) is 6.92 Å². The van der Waals surface area contributed by atoms with E-state index in [1.807, 2.05) is 24.0 Å². The van der Waals surface area contributed by atoms with Gasteiger partial charge < -0.3 is 4.57 Å². The second-order valence-corrected chi connectivity index (χ2v) is 4.77. The fourth-order valence-corrected chi connectivity index (χ4v) is 2.63. The van der Waals surface area contributed by atoms with Crippen LogP contribution in [0.1, 0.15) is 10.6 Å². The van der Waals surface area contributed by atoms with Gasteiger partial charge in [0.2, 0.25) is 0 Å². The molecule has 3 nitrogen and oxygen atoms in total. The lowest BCUT2D eigenvalue weighted by Crippen LogP contribution is -2.13. The second-order valence-electron chi connectivity index (χ2n) is 2.97. The molecule has 14 heavy (non-hydrogen) atoms. The van der Waals surface area contributed by atoms with Crippen LogP contribution in [-0.4, -0.2) is 9.55 Å². The minimum atomic E-state index is 0.118. The van der Waals surface area contributed by atoms with Gasteiger partial charge in [-0.25, -0.2) is 4.98 Å². The number of hydrogen-bond acceptors (Lipinski definition) is 4. The summed E-state index contributed by atoms with van der Waals surface area (Å²) in [5.41, 5.74) is 2.93. The Morgan fingerprint density at radius 2 is 2.36 bits per heavy atom. The molecule has 0 bridgehead atoms. The number of aromatic nitrogens is 2. The van der Waals surface area contributed by atoms with Crippen molar-refractivity contribution in [3.8, 4) is 0 Å². The Morgan fingerprint density at radius 1 is 1.50 bits per heavy atom. The Morgan fingerprint density at radius 3 is 2.93 bits per heavy atom. The van der Waals surface area contributed by atoms with Crippen molar-refractivity contribution in [1.29, 1.82) is 0 Å². The Labute approximate surface area is 89.7 Å². The summed E-state index contributed by atoms with van der Waals surface area (Å²) in [5.74, 6) is 0. The van der Waals surface area contributed by atoms with Gasteiger partial charge in [0.25, 0.3) is 0 Å². The SMILES string of the molecule is Cc1ncsc1CCn1ccsc1=O. The van der Waals surface area contributed by atoms with Crippen LogP contribution in [0.4, 0.5) is 0 Å². The van der Waals surface area contributed by atoms with Crippen molar-refractivity contribution in [1.82, 2.24) is 9.55 Å². The lowest BCUT2D eigenvalue weighted by molar-refractivity contribution is 0.688. The van der Waals surface area contributed by atoms with E-state index in [-0.39, 0.29) is 4.87 Å². The first-order valence-electron chi connectivity index (χ1n) is 4.30. The molecule has 0 amide bonds. The molecule has 0 unspecified atom stereocenters. The minimum absolute atomic E-state index is 0.118. The van der Waals surface area contributed by atoms with Gasteiger partial charge in [0.15, 0.2) is 0 Å². The van der Waals surface area contributed by atoms with Crippen LogP contribution in [-0.2, 0) is 13.0 Å². The van der Waals surface area contributed by atoms with Crippen molar-refractivity contribution in [2.75, 3.05) is 0 Å². The van der Waals surface area contributed by atoms with Crippen molar-refractivity contribution in [3.63, 3.8) is 0 Å². The van der Waals surface area contributed by atoms with Gasteiger partial charge in [0.1, 0.15) is 0 Å². The summed E-state index contributed by atoms with van der Waals surface area (Å²) >= 11 is 2.90. The Hall–Kier alpha value is -0.940. The van der Waals surface area contributed by atoms with E-state index in [9.17, 15) is 4.79 Å². The molecular formula is C9H10N2OS2. The molecule has 2 aromatic rings. The fourth-order valence-electron chi connectivity index (χ4n) is 1.24. The number of nitrogens with zero attached hydrogens (tertiary/aromatic N) is 2. The van der Waals surface area contributed by atoms with Crippen molar-refractivity contribution >= 4 is 22.7 Å². The predicted molar refractivity (Wildman–Crippen MR) is 59.1 cm³/mol. The first-order chi connectivity index (χ1) is 6.77. The third-order valence-corrected chi connectivity index (χ3v) is 3.76. The molecule has 0 aliphatic heterocycles. The van der Waals surface area contributed by atoms with Gasteiger partial charge in [-0.3, -0.25) is 4.79 Å². The largest absolute Gasteiger partial charge is 0.307 e. The van der Waals surface area contributed by atoms with Crippen LogP contribution in [0.15, 0.2) is 21.9 Å². The molecule has 74 valence electrons. The average molecular weight is 226 g/mol. The quantitative estimate of drug-likeness (QED) is 0.801. The third-order valence-electron chi connectivity index (χ3n) is 2.07. The Balaban J connectivity index is 2.05. The zero-order chi connectivity index (χ0) is 9.97. The van der Waals surface area contributed by atoms with Gasteiger partial charge in [0, 0.05) is 29.4 Å². The molecule has 0 spiro atoms. The van der Waals surface area contributed by atoms with E-state index in [0.29, 0.717) is 0 Å².